The summed E-state index contributed by atoms with van der Waals surface area (Å²) < 4.78 is 31.4. The van der Waals surface area contributed by atoms with E-state index in [9.17, 15) is 28.0 Å². The van der Waals surface area contributed by atoms with Gasteiger partial charge in [-0.25, -0.2) is 13.6 Å². The van der Waals surface area contributed by atoms with E-state index >= 15 is 0 Å². The van der Waals surface area contributed by atoms with Crippen LogP contribution in [0.5, 0.6) is 0 Å². The molecule has 4 amide bonds. The lowest BCUT2D eigenvalue weighted by atomic mass is 10.1. The van der Waals surface area contributed by atoms with Crippen LogP contribution in [0, 0.1) is 11.6 Å². The van der Waals surface area contributed by atoms with E-state index in [1.807, 2.05) is 0 Å². The topological polar surface area (TPSA) is 117 Å². The Morgan fingerprint density at radius 3 is 2.66 bits per heavy atom. The highest BCUT2D eigenvalue weighted by Gasteiger charge is 2.42. The molecule has 1 aromatic carbocycles. The average molecular weight is 473 g/mol. The molecule has 0 aromatic heterocycles. The number of benzene rings is 1. The monoisotopic (exact) mass is 472 g/mol. The number of urea groups is 1. The number of nitrogens with zero attached hydrogens (tertiary/aromatic N) is 1. The number of likely N-dealkylation sites (tertiary alicyclic amines) is 1. The molecule has 1 aromatic rings. The van der Waals surface area contributed by atoms with Gasteiger partial charge in [0.2, 0.25) is 11.8 Å². The first-order chi connectivity index (χ1) is 15.3. The molecule has 1 heterocycles. The Kier molecular flexibility index (Phi) is 9.69. The van der Waals surface area contributed by atoms with Crippen LogP contribution in [0.4, 0.5) is 19.3 Å². The van der Waals surface area contributed by atoms with Crippen molar-refractivity contribution in [2.24, 2.45) is 0 Å². The van der Waals surface area contributed by atoms with Gasteiger partial charge in [0, 0.05) is 25.6 Å². The van der Waals surface area contributed by atoms with Crippen LogP contribution >= 0.6 is 11.8 Å². The highest BCUT2D eigenvalue weighted by molar-refractivity contribution is 7.99. The molecule has 1 aliphatic heterocycles. The van der Waals surface area contributed by atoms with Gasteiger partial charge in [-0.3, -0.25) is 14.4 Å². The van der Waals surface area contributed by atoms with Crippen molar-refractivity contribution in [1.29, 1.82) is 0 Å². The number of halogens is 2. The van der Waals surface area contributed by atoms with Crippen molar-refractivity contribution < 1.29 is 32.7 Å². The largest absolute Gasteiger partial charge is 0.469 e. The van der Waals surface area contributed by atoms with Crippen molar-refractivity contribution in [3.63, 3.8) is 0 Å². The van der Waals surface area contributed by atoms with Crippen LogP contribution in [0.1, 0.15) is 19.3 Å². The fraction of sp³-hybridized carbons (Fsp3) is 0.500. The maximum atomic E-state index is 13.8. The van der Waals surface area contributed by atoms with Gasteiger partial charge in [-0.2, -0.15) is 11.8 Å². The number of thioether (sulfide) groups is 1. The summed E-state index contributed by atoms with van der Waals surface area (Å²) in [5.74, 6) is -2.67. The summed E-state index contributed by atoms with van der Waals surface area (Å²) in [7, 11) is 1.27. The first kappa shape index (κ1) is 25.4. The van der Waals surface area contributed by atoms with Crippen LogP contribution < -0.4 is 16.0 Å². The maximum Gasteiger partial charge on any atom is 0.319 e. The molecule has 2 rings (SSSR count). The summed E-state index contributed by atoms with van der Waals surface area (Å²) in [6, 6.07) is 0.253. The van der Waals surface area contributed by atoms with Crippen LogP contribution in [0.3, 0.4) is 0 Å². The van der Waals surface area contributed by atoms with Gasteiger partial charge in [0.15, 0.2) is 0 Å². The zero-order valence-electron chi connectivity index (χ0n) is 17.8. The van der Waals surface area contributed by atoms with E-state index in [4.69, 9.17) is 0 Å². The third-order valence-electron chi connectivity index (χ3n) is 4.84. The molecule has 0 saturated carbocycles. The number of amides is 4. The van der Waals surface area contributed by atoms with Crippen molar-refractivity contribution in [1.82, 2.24) is 15.5 Å². The summed E-state index contributed by atoms with van der Waals surface area (Å²) in [6.45, 7) is 0.449. The van der Waals surface area contributed by atoms with E-state index < -0.39 is 41.6 Å². The highest BCUT2D eigenvalue weighted by atomic mass is 32.2. The lowest BCUT2D eigenvalue weighted by Crippen LogP contribution is -2.55. The third kappa shape index (κ3) is 7.08. The molecule has 1 aliphatic rings. The molecule has 1 saturated heterocycles. The number of hydrogen-bond donors (Lipinski definition) is 3. The van der Waals surface area contributed by atoms with Crippen molar-refractivity contribution >= 4 is 41.3 Å². The zero-order valence-corrected chi connectivity index (χ0v) is 18.6. The molecule has 2 atom stereocenters. The van der Waals surface area contributed by atoms with Crippen molar-refractivity contribution in [3.8, 4) is 0 Å². The number of hydrogen-bond acceptors (Lipinski definition) is 6. The van der Waals surface area contributed by atoms with E-state index in [0.29, 0.717) is 18.9 Å². The Morgan fingerprint density at radius 2 is 2.00 bits per heavy atom. The first-order valence-electron chi connectivity index (χ1n) is 9.92. The number of rotatable bonds is 9. The summed E-state index contributed by atoms with van der Waals surface area (Å²) >= 11 is 1.31. The fourth-order valence-corrected chi connectivity index (χ4v) is 3.74. The van der Waals surface area contributed by atoms with Gasteiger partial charge in [-0.1, -0.05) is 0 Å². The van der Waals surface area contributed by atoms with Gasteiger partial charge in [0.05, 0.1) is 24.6 Å². The number of anilines is 1. The second-order valence-corrected chi connectivity index (χ2v) is 7.92. The van der Waals surface area contributed by atoms with Crippen LogP contribution in [0.25, 0.3) is 0 Å². The van der Waals surface area contributed by atoms with E-state index in [1.54, 1.807) is 6.26 Å². The normalized spacial score (nSPS) is 17.6. The summed E-state index contributed by atoms with van der Waals surface area (Å²) in [5.41, 5.74) is -0.221. The smallest absolute Gasteiger partial charge is 0.319 e. The van der Waals surface area contributed by atoms with Gasteiger partial charge in [-0.15, -0.1) is 0 Å². The second-order valence-electron chi connectivity index (χ2n) is 7.05. The number of carbonyl (C=O) groups is 4. The van der Waals surface area contributed by atoms with E-state index in [0.717, 1.165) is 12.1 Å². The van der Waals surface area contributed by atoms with Gasteiger partial charge in [0.1, 0.15) is 17.7 Å². The van der Waals surface area contributed by atoms with Crippen molar-refractivity contribution in [2.75, 3.05) is 37.5 Å². The summed E-state index contributed by atoms with van der Waals surface area (Å²) in [4.78, 5) is 50.3. The quantitative estimate of drug-likeness (QED) is 0.370. The van der Waals surface area contributed by atoms with Crippen molar-refractivity contribution in [2.45, 2.75) is 31.3 Å². The molecule has 0 spiro atoms. The average Bonchev–Trinajstić information content (AvgIpc) is 3.16. The molecule has 32 heavy (non-hydrogen) atoms. The molecule has 9 nitrogen and oxygen atoms in total. The number of nitrogens with one attached hydrogen (secondary N) is 3. The molecule has 1 fully saturated rings. The zero-order chi connectivity index (χ0) is 23.7. The minimum Gasteiger partial charge on any atom is -0.469 e. The first-order valence-corrected chi connectivity index (χ1v) is 11.3. The Bertz CT molecular complexity index is 857. The minimum absolute atomic E-state index is 0.129. The number of esters is 1. The van der Waals surface area contributed by atoms with Gasteiger partial charge in [-0.05, 0) is 31.2 Å². The SMILES string of the molecule is COC(=O)CCCNC(=O)C1C(NC(=O)Nc2ccc(F)cc2F)CCN1C(=O)CSC. The molecule has 0 aliphatic carbocycles. The van der Waals surface area contributed by atoms with Gasteiger partial charge in [0.25, 0.3) is 0 Å². The predicted octanol–water partition coefficient (Wildman–Crippen LogP) is 1.49. The van der Waals surface area contributed by atoms with Crippen LogP contribution in [-0.2, 0) is 19.1 Å². The summed E-state index contributed by atoms with van der Waals surface area (Å²) in [5, 5.41) is 7.56. The van der Waals surface area contributed by atoms with E-state index in [2.05, 4.69) is 20.7 Å². The second kappa shape index (κ2) is 12.2. The molecule has 0 bridgehead atoms. The molecule has 0 radical (unpaired) electrons. The predicted molar refractivity (Wildman–Crippen MR) is 115 cm³/mol. The molecular formula is C20H26F2N4O5S. The number of methoxy groups -OCH3 is 1. The Balaban J connectivity index is 2.04. The number of ether oxygens (including phenoxy) is 1. The highest BCUT2D eigenvalue weighted by Crippen LogP contribution is 2.21. The lowest BCUT2D eigenvalue weighted by Gasteiger charge is -2.27. The standard InChI is InChI=1S/C20H26F2N4O5S/c1-31-17(28)4-3-8-23-19(29)18-15(7-9-26(18)16(27)11-32-2)25-20(30)24-14-6-5-12(21)10-13(14)22/h5-6,10,15,18H,3-4,7-9,11H2,1-2H3,(H,23,29)(H2,24,25,30). The Labute approximate surface area is 188 Å². The molecule has 2 unspecified atom stereocenters. The van der Waals surface area contributed by atoms with Crippen LogP contribution in [0.15, 0.2) is 18.2 Å². The van der Waals surface area contributed by atoms with Gasteiger partial charge >= 0.3 is 12.0 Å². The molecule has 12 heteroatoms. The van der Waals surface area contributed by atoms with Crippen LogP contribution in [0.2, 0.25) is 0 Å². The Hall–Kier alpha value is -2.89. The minimum atomic E-state index is -0.961. The molecular weight excluding hydrogens is 446 g/mol. The third-order valence-corrected chi connectivity index (χ3v) is 5.37. The van der Waals surface area contributed by atoms with E-state index in [-0.39, 0.29) is 36.9 Å². The van der Waals surface area contributed by atoms with Gasteiger partial charge < -0.3 is 25.6 Å². The Morgan fingerprint density at radius 1 is 1.25 bits per heavy atom. The number of carbonyl (C=O) groups excluding carboxylic acids is 4. The van der Waals surface area contributed by atoms with E-state index in [1.165, 1.54) is 23.8 Å². The lowest BCUT2D eigenvalue weighted by molar-refractivity contribution is -0.140. The molecule has 3 N–H and O–H groups in total. The fourth-order valence-electron chi connectivity index (χ4n) is 3.32. The summed E-state index contributed by atoms with van der Waals surface area (Å²) in [6.07, 6.45) is 2.56. The van der Waals surface area contributed by atoms with Crippen LogP contribution in [-0.4, -0.2) is 73.0 Å². The molecule has 176 valence electrons. The van der Waals surface area contributed by atoms with Crippen molar-refractivity contribution in [3.05, 3.63) is 29.8 Å². The maximum absolute atomic E-state index is 13.8.